The van der Waals surface area contributed by atoms with Crippen molar-refractivity contribution in [2.45, 2.75) is 18.9 Å². The van der Waals surface area contributed by atoms with Crippen molar-refractivity contribution in [1.82, 2.24) is 4.90 Å². The maximum atomic E-state index is 3.44. The predicted octanol–water partition coefficient (Wildman–Crippen LogP) is 4.42. The van der Waals surface area contributed by atoms with Gasteiger partial charge in [0.1, 0.15) is 0 Å². The van der Waals surface area contributed by atoms with Crippen LogP contribution in [-0.2, 0) is 31.7 Å². The summed E-state index contributed by atoms with van der Waals surface area (Å²) in [6, 6.07) is 10.6. The van der Waals surface area contributed by atoms with Crippen LogP contribution in [0.5, 0.6) is 0 Å². The Balaban J connectivity index is -0.000000722. The van der Waals surface area contributed by atoms with Gasteiger partial charge in [-0.25, -0.2) is 6.08 Å². The van der Waals surface area contributed by atoms with E-state index in [-0.39, 0.29) is 69.0 Å². The Hall–Kier alpha value is 0.413. The van der Waals surface area contributed by atoms with Gasteiger partial charge in [-0.15, -0.1) is 43.6 Å². The Morgan fingerprint density at radius 2 is 1.60 bits per heavy atom. The van der Waals surface area contributed by atoms with Gasteiger partial charge in [0.2, 0.25) is 0 Å². The van der Waals surface area contributed by atoms with Crippen molar-refractivity contribution in [2.24, 2.45) is 0 Å². The van der Waals surface area contributed by atoms with Crippen molar-refractivity contribution < 1.29 is 26.2 Å². The van der Waals surface area contributed by atoms with E-state index in [2.05, 4.69) is 74.5 Å². The van der Waals surface area contributed by atoms with Gasteiger partial charge in [-0.1, -0.05) is 30.3 Å². The Morgan fingerprint density at radius 3 is 2.00 bits per heavy atom. The molecule has 1 aromatic carbocycles. The molecule has 0 aliphatic heterocycles. The Bertz CT molecular complexity index is 432. The molecule has 1 unspecified atom stereocenters. The minimum Gasteiger partial charge on any atom is -0.299 e. The van der Waals surface area contributed by atoms with E-state index in [4.69, 9.17) is 0 Å². The molecule has 1 aliphatic carbocycles. The van der Waals surface area contributed by atoms with Gasteiger partial charge in [0.25, 0.3) is 0 Å². The van der Waals surface area contributed by atoms with Crippen LogP contribution in [0.4, 0.5) is 0 Å². The van der Waals surface area contributed by atoms with E-state index in [1.165, 1.54) is 11.1 Å². The first-order valence-electron chi connectivity index (χ1n) is 5.66. The zero-order chi connectivity index (χ0) is 11.6. The van der Waals surface area contributed by atoms with E-state index in [0.29, 0.717) is 0 Å². The molecular formula is C15H21Cl3NZr-. The zero-order valence-corrected chi connectivity index (χ0v) is 16.8. The number of halogens is 3. The molecule has 1 aliphatic rings. The molecule has 1 aromatic rings. The third kappa shape index (κ3) is 5.00. The fourth-order valence-electron chi connectivity index (χ4n) is 2.16. The average molecular weight is 413 g/mol. The number of benzene rings is 1. The van der Waals surface area contributed by atoms with Gasteiger partial charge in [-0.3, -0.25) is 11.0 Å². The molecule has 0 saturated carbocycles. The summed E-state index contributed by atoms with van der Waals surface area (Å²) in [6.07, 6.45) is 8.73. The third-order valence-electron chi connectivity index (χ3n) is 3.45. The van der Waals surface area contributed by atoms with Gasteiger partial charge in [-0.05, 0) is 26.6 Å². The molecule has 0 amide bonds. The zero-order valence-electron chi connectivity index (χ0n) is 11.9. The van der Waals surface area contributed by atoms with Crippen LogP contribution in [0, 0.1) is 6.08 Å². The largest absolute Gasteiger partial charge is 0.299 e. The molecule has 112 valence electrons. The Morgan fingerprint density at radius 1 is 1.05 bits per heavy atom. The summed E-state index contributed by atoms with van der Waals surface area (Å²) in [6.45, 7) is 2.25. The summed E-state index contributed by atoms with van der Waals surface area (Å²) in [4.78, 5) is 2.25. The fraction of sp³-hybridized carbons (Fsp3) is 0.333. The van der Waals surface area contributed by atoms with E-state index in [1.54, 1.807) is 0 Å². The molecule has 0 aromatic heterocycles. The molecule has 20 heavy (non-hydrogen) atoms. The number of allylic oxidation sites excluding steroid dienone is 2. The van der Waals surface area contributed by atoms with Crippen molar-refractivity contribution in [3.05, 3.63) is 59.7 Å². The number of hydrogen-bond acceptors (Lipinski definition) is 1. The first-order valence-corrected chi connectivity index (χ1v) is 5.66. The monoisotopic (exact) mass is 410 g/mol. The van der Waals surface area contributed by atoms with Crippen LogP contribution in [0.15, 0.2) is 48.1 Å². The molecule has 5 heteroatoms. The molecule has 0 fully saturated rings. The molecule has 0 radical (unpaired) electrons. The maximum absolute atomic E-state index is 3.44. The van der Waals surface area contributed by atoms with E-state index in [1.807, 2.05) is 0 Å². The van der Waals surface area contributed by atoms with Crippen LogP contribution >= 0.6 is 37.2 Å². The normalized spacial score (nSPS) is 14.9. The van der Waals surface area contributed by atoms with Crippen molar-refractivity contribution >= 4 is 37.2 Å². The van der Waals surface area contributed by atoms with Gasteiger partial charge in [0, 0.05) is 31.7 Å². The topological polar surface area (TPSA) is 3.24 Å². The maximum Gasteiger partial charge on any atom is 0.0348 e. The molecule has 0 spiro atoms. The number of hydrogen-bond donors (Lipinski definition) is 0. The summed E-state index contributed by atoms with van der Waals surface area (Å²) in [5, 5.41) is 0. The van der Waals surface area contributed by atoms with Crippen LogP contribution in [0.3, 0.4) is 0 Å². The third-order valence-corrected chi connectivity index (χ3v) is 3.45. The summed E-state index contributed by atoms with van der Waals surface area (Å²) >= 11 is 0. The van der Waals surface area contributed by atoms with Crippen LogP contribution in [0.25, 0.3) is 0 Å². The first-order chi connectivity index (χ1) is 7.65. The quantitative estimate of drug-likeness (QED) is 0.664. The van der Waals surface area contributed by atoms with E-state index in [0.717, 1.165) is 6.42 Å². The van der Waals surface area contributed by atoms with Gasteiger partial charge < -0.3 is 0 Å². The van der Waals surface area contributed by atoms with Crippen LogP contribution in [-0.4, -0.2) is 19.0 Å². The second kappa shape index (κ2) is 11.0. The van der Waals surface area contributed by atoms with E-state index >= 15 is 0 Å². The number of rotatable bonds is 3. The Labute approximate surface area is 160 Å². The second-order valence-electron chi connectivity index (χ2n) is 4.53. The molecule has 0 N–H and O–H groups in total. The molecule has 0 heterocycles. The van der Waals surface area contributed by atoms with Gasteiger partial charge >= 0.3 is 0 Å². The summed E-state index contributed by atoms with van der Waals surface area (Å²) < 4.78 is 0. The van der Waals surface area contributed by atoms with Crippen molar-refractivity contribution in [3.63, 3.8) is 0 Å². The van der Waals surface area contributed by atoms with Crippen LogP contribution in [0.1, 0.15) is 18.9 Å². The minimum absolute atomic E-state index is 0. The van der Waals surface area contributed by atoms with Crippen molar-refractivity contribution in [3.8, 4) is 0 Å². The summed E-state index contributed by atoms with van der Waals surface area (Å²) in [5.41, 5.74) is 2.51. The molecule has 0 bridgehead atoms. The van der Waals surface area contributed by atoms with Crippen LogP contribution < -0.4 is 0 Å². The van der Waals surface area contributed by atoms with E-state index in [9.17, 15) is 0 Å². The SMILES string of the molecule is CN(C)C(C)(C1=[C-]CC=C1)c1ccccc1.Cl.Cl.Cl.[Zr]. The summed E-state index contributed by atoms with van der Waals surface area (Å²) in [5.74, 6) is 0. The average Bonchev–Trinajstić information content (AvgIpc) is 2.82. The molecule has 0 saturated heterocycles. The fourth-order valence-corrected chi connectivity index (χ4v) is 2.16. The van der Waals surface area contributed by atoms with E-state index < -0.39 is 0 Å². The standard InChI is InChI=1S/C15H18N.3ClH.Zr/c1-15(16(2)3,14-11-7-8-12-14)13-9-5-4-6-10-13;;;;/h4-7,9-11H,8H2,1-3H3;3*1H;/q-1;;;;. The number of likely N-dealkylation sites (N-methyl/N-ethyl adjacent to an activating group) is 1. The summed E-state index contributed by atoms with van der Waals surface area (Å²) in [7, 11) is 4.24. The van der Waals surface area contributed by atoms with Gasteiger partial charge in [0.15, 0.2) is 0 Å². The Kier molecular flexibility index (Phi) is 14.0. The van der Waals surface area contributed by atoms with Crippen LogP contribution in [0.2, 0.25) is 0 Å². The minimum atomic E-state index is -0.0751. The molecule has 1 atom stereocenters. The van der Waals surface area contributed by atoms with Gasteiger partial charge in [-0.2, -0.15) is 11.6 Å². The second-order valence-corrected chi connectivity index (χ2v) is 4.53. The molecule has 2 rings (SSSR count). The van der Waals surface area contributed by atoms with Crippen molar-refractivity contribution in [1.29, 1.82) is 0 Å². The van der Waals surface area contributed by atoms with Gasteiger partial charge in [0.05, 0.1) is 0 Å². The molecule has 1 nitrogen and oxygen atoms in total. The molecular weight excluding hydrogens is 392 g/mol. The van der Waals surface area contributed by atoms with Crippen molar-refractivity contribution in [2.75, 3.05) is 14.1 Å². The smallest absolute Gasteiger partial charge is 0.0348 e. The predicted molar refractivity (Wildman–Crippen MR) is 89.7 cm³/mol. The first kappa shape index (κ1) is 25.4. The number of nitrogens with zero attached hydrogens (tertiary/aromatic N) is 1.